The number of hydrogen-bond acceptors (Lipinski definition) is 16. The number of methoxy groups -OCH3 is 4. The number of para-hydroxylation sites is 8. The van der Waals surface area contributed by atoms with Crippen molar-refractivity contribution in [3.63, 3.8) is 0 Å². The lowest BCUT2D eigenvalue weighted by Crippen LogP contribution is -2.18. The van der Waals surface area contributed by atoms with Crippen molar-refractivity contribution in [1.29, 1.82) is 0 Å². The van der Waals surface area contributed by atoms with Crippen LogP contribution in [0.5, 0.6) is 46.0 Å². The lowest BCUT2D eigenvalue weighted by atomic mass is 9.77. The Hall–Kier alpha value is -9.44. The van der Waals surface area contributed by atoms with E-state index < -0.39 is 0 Å². The van der Waals surface area contributed by atoms with Gasteiger partial charge in [0.1, 0.15) is 72.4 Å². The van der Waals surface area contributed by atoms with Crippen molar-refractivity contribution in [1.82, 2.24) is 0 Å². The molecule has 9 rings (SSSR count). The van der Waals surface area contributed by atoms with E-state index in [-0.39, 0.29) is 23.7 Å². The van der Waals surface area contributed by atoms with Gasteiger partial charge < -0.3 is 82.1 Å². The molecule has 0 fully saturated rings. The lowest BCUT2D eigenvalue weighted by molar-refractivity contribution is 0.319. The van der Waals surface area contributed by atoms with Gasteiger partial charge in [-0.25, -0.2) is 0 Å². The van der Waals surface area contributed by atoms with E-state index in [4.69, 9.17) is 60.8 Å². The van der Waals surface area contributed by atoms with Crippen molar-refractivity contribution >= 4 is 45.5 Å². The van der Waals surface area contributed by atoms with Crippen molar-refractivity contribution in [3.05, 3.63) is 190 Å². The van der Waals surface area contributed by atoms with Gasteiger partial charge in [0.25, 0.3) is 0 Å². The molecule has 1 aliphatic rings. The second kappa shape index (κ2) is 30.3. The minimum atomic E-state index is -0.262. The van der Waals surface area contributed by atoms with Crippen LogP contribution in [0, 0.1) is 0 Å². The van der Waals surface area contributed by atoms with Gasteiger partial charge in [-0.3, -0.25) is 0 Å². The summed E-state index contributed by atoms with van der Waals surface area (Å²) in [7, 11) is 6.89. The molecule has 0 aliphatic heterocycles. The molecule has 8 bridgehead atoms. The highest BCUT2D eigenvalue weighted by Gasteiger charge is 2.34. The summed E-state index contributed by atoms with van der Waals surface area (Å²) in [6.07, 6.45) is 2.71. The van der Waals surface area contributed by atoms with E-state index in [1.165, 1.54) is 0 Å². The molecule has 0 saturated heterocycles. The molecule has 8 aromatic carbocycles. The number of ether oxygens (including phenoxy) is 8. The molecule has 16 heteroatoms. The van der Waals surface area contributed by atoms with Crippen LogP contribution in [-0.2, 0) is 0 Å². The Bertz CT molecular complexity index is 3150. The summed E-state index contributed by atoms with van der Waals surface area (Å²) in [5.41, 5.74) is 39.3. The molecular formula is C72H88N8O8. The predicted molar refractivity (Wildman–Crippen MR) is 360 cm³/mol. The summed E-state index contributed by atoms with van der Waals surface area (Å²) >= 11 is 0. The summed E-state index contributed by atoms with van der Waals surface area (Å²) in [5.74, 6) is 4.38. The van der Waals surface area contributed by atoms with Crippen LogP contribution < -0.4 is 82.1 Å². The highest BCUT2D eigenvalue weighted by Crippen LogP contribution is 2.53. The van der Waals surface area contributed by atoms with Crippen molar-refractivity contribution in [2.75, 3.05) is 125 Å². The Labute approximate surface area is 519 Å². The van der Waals surface area contributed by atoms with Crippen molar-refractivity contribution < 1.29 is 37.9 Å². The third kappa shape index (κ3) is 14.3. The Morgan fingerprint density at radius 1 is 0.284 bits per heavy atom. The zero-order valence-corrected chi connectivity index (χ0v) is 52.2. The molecule has 12 N–H and O–H groups in total. The fraction of sp³-hybridized carbons (Fsp3) is 0.333. The molecule has 0 spiro atoms. The smallest absolute Gasteiger partial charge is 0.126 e. The maximum Gasteiger partial charge on any atom is 0.126 e. The number of hydrogen-bond donors (Lipinski definition) is 8. The van der Waals surface area contributed by atoms with Crippen LogP contribution in [0.1, 0.15) is 122 Å². The normalized spacial score (nSPS) is 15.1. The molecule has 4 atom stereocenters. The third-order valence-corrected chi connectivity index (χ3v) is 16.6. The Balaban J connectivity index is 1.26. The van der Waals surface area contributed by atoms with E-state index in [1.807, 2.05) is 97.1 Å². The molecule has 0 amide bonds. The largest absolute Gasteiger partial charge is 0.496 e. The van der Waals surface area contributed by atoms with Gasteiger partial charge in [-0.05, 0) is 98.5 Å². The monoisotopic (exact) mass is 1190 g/mol. The Morgan fingerprint density at radius 3 is 0.659 bits per heavy atom. The predicted octanol–water partition coefficient (Wildman–Crippen LogP) is 14.5. The average molecular weight is 1190 g/mol. The molecule has 0 saturated carbocycles. The molecule has 464 valence electrons. The molecule has 4 unspecified atom stereocenters. The molecule has 0 heterocycles. The summed E-state index contributed by atoms with van der Waals surface area (Å²) in [6.45, 7) is 12.1. The van der Waals surface area contributed by atoms with E-state index in [9.17, 15) is 0 Å². The van der Waals surface area contributed by atoms with Crippen LogP contribution in [0.15, 0.2) is 146 Å². The first-order valence-corrected chi connectivity index (χ1v) is 30.7. The van der Waals surface area contributed by atoms with Crippen LogP contribution in [-0.4, -0.2) is 81.0 Å². The highest BCUT2D eigenvalue weighted by molar-refractivity contribution is 5.69. The summed E-state index contributed by atoms with van der Waals surface area (Å²) in [5, 5.41) is 13.9. The number of nitrogens with two attached hydrogens (primary N) is 4. The number of benzene rings is 8. The van der Waals surface area contributed by atoms with Crippen molar-refractivity contribution in [3.8, 4) is 46.0 Å². The maximum absolute atomic E-state index is 6.96. The van der Waals surface area contributed by atoms with Crippen LogP contribution in [0.25, 0.3) is 0 Å². The second-order valence-electron chi connectivity index (χ2n) is 21.8. The minimum Gasteiger partial charge on any atom is -0.496 e. The van der Waals surface area contributed by atoms with Gasteiger partial charge >= 0.3 is 0 Å². The zero-order chi connectivity index (χ0) is 62.1. The van der Waals surface area contributed by atoms with Crippen molar-refractivity contribution in [2.24, 2.45) is 0 Å². The zero-order valence-electron chi connectivity index (χ0n) is 52.2. The van der Waals surface area contributed by atoms with Gasteiger partial charge in [0.05, 0.1) is 73.9 Å². The summed E-state index contributed by atoms with van der Waals surface area (Å²) in [6, 6.07) is 48.3. The number of anilines is 8. The molecule has 8 aromatic rings. The summed E-state index contributed by atoms with van der Waals surface area (Å²) in [4.78, 5) is 0. The lowest BCUT2D eigenvalue weighted by Gasteiger charge is -2.31. The number of rotatable bonds is 28. The Morgan fingerprint density at radius 2 is 0.477 bits per heavy atom. The van der Waals surface area contributed by atoms with Gasteiger partial charge in [0.2, 0.25) is 0 Å². The number of nitrogens with one attached hydrogen (secondary N) is 4. The van der Waals surface area contributed by atoms with E-state index in [2.05, 4.69) is 97.5 Å². The first-order valence-electron chi connectivity index (χ1n) is 30.7. The molecule has 1 aliphatic carbocycles. The van der Waals surface area contributed by atoms with Gasteiger partial charge in [-0.1, -0.05) is 76.2 Å². The van der Waals surface area contributed by atoms with Gasteiger partial charge in [0, 0.05) is 119 Å². The number of fused-ring (bicyclic) bond motifs is 8. The standard InChI is InChI=1S/C72H88N8O8/c1-9-45-49-37-54(70(41-65(49)81-5)86-34-30-78-62-26-18-14-22-58(62)74)47(11-3)51-39-56(72(43-67(51)83-7)88-36-32-80-64-28-20-16-24-60(64)76)48(12-4)52-40-55(71(44-68(52)84-8)87-35-31-79-63-27-19-15-23-59(63)75)46(10-2)50-38-53(45)69(42-66(50)82-6)85-33-29-77-61-25-17-13-21-57(61)73/h13-28,37-48,77-80H,9-12,29-36,73-76H2,1-8H3. The maximum atomic E-state index is 6.96. The second-order valence-corrected chi connectivity index (χ2v) is 21.8. The van der Waals surface area contributed by atoms with Gasteiger partial charge in [-0.2, -0.15) is 0 Å². The minimum absolute atomic E-state index is 0.262. The fourth-order valence-electron chi connectivity index (χ4n) is 12.2. The van der Waals surface area contributed by atoms with E-state index in [1.54, 1.807) is 28.4 Å². The number of nitrogen functional groups attached to an aromatic ring is 4. The van der Waals surface area contributed by atoms with E-state index in [0.717, 1.165) is 67.3 Å². The molecule has 0 radical (unpaired) electrons. The quantitative estimate of drug-likeness (QED) is 0.0169. The topological polar surface area (TPSA) is 226 Å². The first kappa shape index (κ1) is 63.1. The average Bonchev–Trinajstić information content (AvgIpc) is 1.25. The molecular weight excluding hydrogens is 1100 g/mol. The molecule has 88 heavy (non-hydrogen) atoms. The van der Waals surface area contributed by atoms with Crippen LogP contribution in [0.4, 0.5) is 45.5 Å². The van der Waals surface area contributed by atoms with E-state index >= 15 is 0 Å². The molecule has 16 nitrogen and oxygen atoms in total. The first-order chi connectivity index (χ1) is 43.0. The summed E-state index contributed by atoms with van der Waals surface area (Å²) < 4.78 is 53.8. The van der Waals surface area contributed by atoms with Gasteiger partial charge in [-0.15, -0.1) is 0 Å². The fourth-order valence-corrected chi connectivity index (χ4v) is 12.2. The van der Waals surface area contributed by atoms with Crippen LogP contribution in [0.3, 0.4) is 0 Å². The third-order valence-electron chi connectivity index (χ3n) is 16.6. The highest BCUT2D eigenvalue weighted by atomic mass is 16.5. The Kier molecular flexibility index (Phi) is 21.7. The molecule has 0 aromatic heterocycles. The van der Waals surface area contributed by atoms with Crippen LogP contribution in [0.2, 0.25) is 0 Å². The van der Waals surface area contributed by atoms with E-state index in [0.29, 0.717) is 147 Å². The SMILES string of the molecule is CCC1c2cc(c(OCCNc3ccccc3N)cc2OC)C(CC)c2cc(c(OCCNc3ccccc3N)cc2OC)C(CC)c2cc(c(OCCNc3ccccc3N)cc2OC)C(CC)c2cc1c(OCCNc1ccccc1N)cc2OC. The van der Waals surface area contributed by atoms with Crippen molar-refractivity contribution in [2.45, 2.75) is 77.0 Å². The van der Waals surface area contributed by atoms with Gasteiger partial charge in [0.15, 0.2) is 0 Å². The van der Waals surface area contributed by atoms with Crippen LogP contribution >= 0.6 is 0 Å².